The molecule has 0 unspecified atom stereocenters. The second kappa shape index (κ2) is 13.6. The highest BCUT2D eigenvalue weighted by Crippen LogP contribution is 2.47. The van der Waals surface area contributed by atoms with Crippen LogP contribution in [0.15, 0.2) is 47.9 Å². The summed E-state index contributed by atoms with van der Waals surface area (Å²) in [5, 5.41) is 46.8. The number of aliphatic hydroxyl groups is 3. The molecule has 12 nitrogen and oxygen atoms in total. The summed E-state index contributed by atoms with van der Waals surface area (Å²) in [6.45, 7) is 11.0. The van der Waals surface area contributed by atoms with E-state index in [9.17, 15) is 39.6 Å². The van der Waals surface area contributed by atoms with Crippen LogP contribution in [0.2, 0.25) is 0 Å². The zero-order valence-corrected chi connectivity index (χ0v) is 27.7. The van der Waals surface area contributed by atoms with E-state index in [0.717, 1.165) is 6.08 Å². The molecule has 254 valence electrons. The van der Waals surface area contributed by atoms with Gasteiger partial charge in [-0.2, -0.15) is 0 Å². The Bertz CT molecular complexity index is 1600. The van der Waals surface area contributed by atoms with Crippen LogP contribution in [0, 0.1) is 30.6 Å². The van der Waals surface area contributed by atoms with Crippen molar-refractivity contribution < 1.29 is 53.8 Å². The average molecular weight is 654 g/mol. The second-order valence-electron chi connectivity index (χ2n) is 12.8. The molecule has 3 heterocycles. The summed E-state index contributed by atoms with van der Waals surface area (Å²) in [4.78, 5) is 53.7. The molecular weight excluding hydrogens is 610 g/mol. The molecule has 1 amide bonds. The van der Waals surface area contributed by atoms with E-state index in [-0.39, 0.29) is 33.7 Å². The van der Waals surface area contributed by atoms with E-state index in [2.05, 4.69) is 5.32 Å². The summed E-state index contributed by atoms with van der Waals surface area (Å²) in [6.07, 6.45) is 4.25. The van der Waals surface area contributed by atoms with Crippen molar-refractivity contribution in [3.63, 3.8) is 0 Å². The molecule has 5 rings (SSSR count). The fourth-order valence-electron chi connectivity index (χ4n) is 6.23. The smallest absolute Gasteiger partial charge is 0.312 e. The summed E-state index contributed by atoms with van der Waals surface area (Å²) >= 11 is 0. The molecule has 3 aliphatic heterocycles. The maximum Gasteiger partial charge on any atom is 0.312 e. The fraction of sp³-hybridized carbons (Fsp3) is 0.486. The van der Waals surface area contributed by atoms with Crippen LogP contribution in [-0.4, -0.2) is 81.0 Å². The predicted octanol–water partition coefficient (Wildman–Crippen LogP) is 3.06. The van der Waals surface area contributed by atoms with Crippen LogP contribution >= 0.6 is 0 Å². The van der Waals surface area contributed by atoms with Crippen molar-refractivity contribution in [1.82, 2.24) is 5.32 Å². The van der Waals surface area contributed by atoms with Crippen LogP contribution in [0.5, 0.6) is 11.5 Å². The van der Waals surface area contributed by atoms with Gasteiger partial charge in [0.1, 0.15) is 11.5 Å². The monoisotopic (exact) mass is 653 g/mol. The number of hydrogen-bond donors (Lipinski definition) is 5. The van der Waals surface area contributed by atoms with Gasteiger partial charge in [-0.1, -0.05) is 45.9 Å². The third kappa shape index (κ3) is 6.42. The van der Waals surface area contributed by atoms with Crippen molar-refractivity contribution >= 4 is 23.3 Å². The molecule has 47 heavy (non-hydrogen) atoms. The molecule has 0 aromatic heterocycles. The average Bonchev–Trinajstić information content (AvgIpc) is 3.30. The molecule has 0 radical (unpaired) electrons. The quantitative estimate of drug-likeness (QED) is 0.300. The number of nitrogens with one attached hydrogen (secondary N) is 1. The molecule has 5 bridgehead atoms. The second-order valence-corrected chi connectivity index (χ2v) is 12.8. The maximum absolute atomic E-state index is 13.8. The molecule has 0 saturated heterocycles. The van der Waals surface area contributed by atoms with E-state index < -0.39 is 88.4 Å². The van der Waals surface area contributed by atoms with Gasteiger partial charge < -0.3 is 40.0 Å². The lowest BCUT2D eigenvalue weighted by molar-refractivity contribution is -0.116. The Kier molecular flexibility index (Phi) is 10.3. The number of aliphatic hydroxyl groups excluding tert-OH is 3. The Hall–Kier alpha value is -4.10. The highest BCUT2D eigenvalue weighted by atomic mass is 16.7. The lowest BCUT2D eigenvalue weighted by atomic mass is 9.78. The number of Topliss-reactive ketones (excluding diaryl/α,β-unsaturated/α-hetero) is 2. The van der Waals surface area contributed by atoms with Crippen LogP contribution < -0.4 is 10.1 Å². The number of carbonyl (C=O) groups is 4. The number of methoxy groups -OCH3 is 1. The van der Waals surface area contributed by atoms with Gasteiger partial charge in [0.05, 0.1) is 53.1 Å². The van der Waals surface area contributed by atoms with Gasteiger partial charge in [0, 0.05) is 54.9 Å². The van der Waals surface area contributed by atoms with E-state index in [0.29, 0.717) is 0 Å². The summed E-state index contributed by atoms with van der Waals surface area (Å²) in [5.74, 6) is -8.23. The number of ether oxygens (including phenoxy) is 3. The van der Waals surface area contributed by atoms with Crippen molar-refractivity contribution in [3.05, 3.63) is 70.2 Å². The van der Waals surface area contributed by atoms with Crippen LogP contribution in [0.3, 0.4) is 0 Å². The number of fused-ring (bicyclic) bond motifs is 14. The van der Waals surface area contributed by atoms with E-state index in [4.69, 9.17) is 14.2 Å². The number of allylic oxidation sites excluding steroid dienone is 4. The molecule has 1 aliphatic carbocycles. The molecule has 4 aliphatic rings. The summed E-state index contributed by atoms with van der Waals surface area (Å²) in [6, 6.07) is 0. The van der Waals surface area contributed by atoms with Gasteiger partial charge in [0.15, 0.2) is 5.78 Å². The predicted molar refractivity (Wildman–Crippen MR) is 170 cm³/mol. The van der Waals surface area contributed by atoms with Gasteiger partial charge in [-0.3, -0.25) is 19.2 Å². The van der Waals surface area contributed by atoms with Crippen molar-refractivity contribution in [2.75, 3.05) is 7.11 Å². The van der Waals surface area contributed by atoms with Gasteiger partial charge in [-0.25, -0.2) is 0 Å². The normalized spacial score (nSPS) is 36.1. The largest absolute Gasteiger partial charge is 0.507 e. The Morgan fingerprint density at radius 2 is 1.49 bits per heavy atom. The molecule has 1 aromatic carbocycles. The number of phenols is 1. The highest BCUT2D eigenvalue weighted by Gasteiger charge is 2.51. The van der Waals surface area contributed by atoms with Gasteiger partial charge in [-0.15, -0.1) is 0 Å². The van der Waals surface area contributed by atoms with Crippen LogP contribution in [0.25, 0.3) is 0 Å². The number of hydrogen-bond acceptors (Lipinski definition) is 11. The van der Waals surface area contributed by atoms with E-state index in [1.165, 1.54) is 46.3 Å². The molecule has 9 atom stereocenters. The first-order valence-electron chi connectivity index (χ1n) is 15.5. The van der Waals surface area contributed by atoms with Crippen molar-refractivity contribution in [2.45, 2.75) is 78.7 Å². The number of aromatic hydroxyl groups is 1. The first-order chi connectivity index (χ1) is 22.0. The van der Waals surface area contributed by atoms with Crippen molar-refractivity contribution in [2.24, 2.45) is 23.7 Å². The number of rotatable bonds is 1. The Balaban J connectivity index is 1.80. The lowest BCUT2D eigenvalue weighted by Crippen LogP contribution is -2.44. The van der Waals surface area contributed by atoms with Gasteiger partial charge in [-0.05, 0) is 19.9 Å². The summed E-state index contributed by atoms with van der Waals surface area (Å²) in [7, 11) is 1.42. The van der Waals surface area contributed by atoms with Gasteiger partial charge in [0.25, 0.3) is 11.7 Å². The number of ketones is 3. The maximum atomic E-state index is 13.8. The van der Waals surface area contributed by atoms with E-state index in [1.54, 1.807) is 39.8 Å². The van der Waals surface area contributed by atoms with Crippen LogP contribution in [0.4, 0.5) is 0 Å². The van der Waals surface area contributed by atoms with Crippen LogP contribution in [-0.2, 0) is 14.3 Å². The zero-order chi connectivity index (χ0) is 35.1. The van der Waals surface area contributed by atoms with Crippen LogP contribution in [0.1, 0.15) is 78.2 Å². The third-order valence-electron chi connectivity index (χ3n) is 9.54. The SMILES string of the molecule is CO[C@H]1/C=C/O[C@@]2(C)Oc3c(C)c(O)c4c(c3C2=O)C(=O)C=C(NC(=O)/C(C)=C\C=C\[C@H](C)[C@H](O)[C@@H](C)[C@H](O)[C@H](C)[C@H](O)[C@@H]1C)C4=O. The minimum Gasteiger partial charge on any atom is -0.507 e. The highest BCUT2D eigenvalue weighted by molar-refractivity contribution is 6.30. The molecule has 12 heteroatoms. The van der Waals surface area contributed by atoms with Gasteiger partial charge in [0.2, 0.25) is 5.78 Å². The molecule has 0 fully saturated rings. The minimum absolute atomic E-state index is 0.0217. The number of carbonyl (C=O) groups excluding carboxylic acids is 4. The molecular formula is C35H43NO11. The molecule has 1 aromatic rings. The van der Waals surface area contributed by atoms with E-state index >= 15 is 0 Å². The number of benzene rings is 1. The summed E-state index contributed by atoms with van der Waals surface area (Å²) < 4.78 is 17.2. The Labute approximate surface area is 273 Å². The van der Waals surface area contributed by atoms with Gasteiger partial charge >= 0.3 is 5.79 Å². The van der Waals surface area contributed by atoms with Crippen molar-refractivity contribution in [1.29, 1.82) is 0 Å². The van der Waals surface area contributed by atoms with Crippen molar-refractivity contribution in [3.8, 4) is 11.5 Å². The first kappa shape index (κ1) is 35.7. The standard InChI is InChI=1S/C35H43NO11/c1-15-10-9-11-16(2)34(44)36-21-14-22(37)24-25(31(21)42)30(41)20(6)32-26(24)33(43)35(7,47-32)46-13-12-23(45-8)17(3)28(39)19(5)29(40)18(4)27(15)38/h9-15,17-19,23,27-29,38-41H,1-8H3,(H,36,44)/b10-9+,13-12+,16-11-/t15-,17+,18+,19+,23-,27-,28+,29-,35-/m0/s1. The molecule has 5 N–H and O–H groups in total. The number of phenolic OH excluding ortho intramolecular Hbond substituents is 1. The Morgan fingerprint density at radius 3 is 2.13 bits per heavy atom. The summed E-state index contributed by atoms with van der Waals surface area (Å²) in [5.41, 5.74) is -1.24. The zero-order valence-electron chi connectivity index (χ0n) is 27.7. The van der Waals surface area contributed by atoms with E-state index in [1.807, 2.05) is 0 Å². The minimum atomic E-state index is -2.00. The third-order valence-corrected chi connectivity index (χ3v) is 9.54. The number of amides is 1. The molecule has 0 spiro atoms. The lowest BCUT2D eigenvalue weighted by Gasteiger charge is -2.36. The fourth-order valence-corrected chi connectivity index (χ4v) is 6.23. The molecule has 0 saturated carbocycles. The Morgan fingerprint density at radius 1 is 0.872 bits per heavy atom. The first-order valence-corrected chi connectivity index (χ1v) is 15.5. The topological polar surface area (TPSA) is 189 Å².